The van der Waals surface area contributed by atoms with Gasteiger partial charge in [0.1, 0.15) is 0 Å². The third kappa shape index (κ3) is 1.68. The molecular weight excluding hydrogens is 195 g/mol. The van der Waals surface area contributed by atoms with Crippen molar-refractivity contribution in [1.82, 2.24) is 0 Å². The Morgan fingerprint density at radius 3 is 2.07 bits per heavy atom. The summed E-state index contributed by atoms with van der Waals surface area (Å²) in [5, 5.41) is 8.83. The Balaban J connectivity index is 2.03. The van der Waals surface area contributed by atoms with E-state index in [0.717, 1.165) is 0 Å². The zero-order valence-corrected chi connectivity index (χ0v) is 9.61. The molecule has 5 heteroatoms. The lowest BCUT2D eigenvalue weighted by Crippen LogP contribution is -2.41. The average molecular weight is 212 g/mol. The van der Waals surface area contributed by atoms with E-state index in [9.17, 15) is 4.79 Å². The topological polar surface area (TPSA) is 55.8 Å². The molecule has 0 bridgehead atoms. The molecule has 1 aliphatic carbocycles. The Kier molecular flexibility index (Phi) is 2.18. The summed E-state index contributed by atoms with van der Waals surface area (Å²) in [6.07, 6.45) is 0.673. The van der Waals surface area contributed by atoms with Gasteiger partial charge in [-0.15, -0.1) is 0 Å². The quantitative estimate of drug-likeness (QED) is 0.705. The van der Waals surface area contributed by atoms with Gasteiger partial charge < -0.3 is 14.4 Å². The minimum atomic E-state index is -0.741. The number of carbonyl (C=O) groups is 1. The van der Waals surface area contributed by atoms with Gasteiger partial charge in [0, 0.05) is 5.82 Å². The van der Waals surface area contributed by atoms with Crippen LogP contribution in [0.2, 0.25) is 5.82 Å². The lowest BCUT2D eigenvalue weighted by Gasteiger charge is -2.32. The zero-order valence-electron chi connectivity index (χ0n) is 9.61. The van der Waals surface area contributed by atoms with Gasteiger partial charge in [0.25, 0.3) is 0 Å². The van der Waals surface area contributed by atoms with Crippen molar-refractivity contribution in [3.05, 3.63) is 0 Å². The van der Waals surface area contributed by atoms with E-state index in [1.54, 1.807) is 0 Å². The van der Waals surface area contributed by atoms with Crippen molar-refractivity contribution in [2.24, 2.45) is 5.92 Å². The first kappa shape index (κ1) is 11.0. The Morgan fingerprint density at radius 1 is 1.27 bits per heavy atom. The van der Waals surface area contributed by atoms with Crippen LogP contribution in [-0.4, -0.2) is 29.4 Å². The van der Waals surface area contributed by atoms with Gasteiger partial charge in [-0.05, 0) is 34.1 Å². The van der Waals surface area contributed by atoms with E-state index in [1.165, 1.54) is 0 Å². The van der Waals surface area contributed by atoms with Crippen molar-refractivity contribution in [1.29, 1.82) is 0 Å². The van der Waals surface area contributed by atoms with Gasteiger partial charge in [-0.3, -0.25) is 4.79 Å². The molecular formula is C10H17BO4. The summed E-state index contributed by atoms with van der Waals surface area (Å²) in [6.45, 7) is 7.91. The number of hydrogen-bond acceptors (Lipinski definition) is 3. The summed E-state index contributed by atoms with van der Waals surface area (Å²) in [7, 11) is -0.351. The minimum absolute atomic E-state index is 0.0311. The molecule has 4 nitrogen and oxygen atoms in total. The van der Waals surface area contributed by atoms with Gasteiger partial charge in [0.15, 0.2) is 0 Å². The Morgan fingerprint density at radius 2 is 1.73 bits per heavy atom. The van der Waals surface area contributed by atoms with Gasteiger partial charge in [-0.25, -0.2) is 0 Å². The van der Waals surface area contributed by atoms with Crippen molar-refractivity contribution < 1.29 is 19.2 Å². The lowest BCUT2D eigenvalue weighted by atomic mass is 9.80. The van der Waals surface area contributed by atoms with E-state index in [-0.39, 0.29) is 30.1 Å². The van der Waals surface area contributed by atoms with Crippen LogP contribution in [0.4, 0.5) is 0 Å². The summed E-state index contributed by atoms with van der Waals surface area (Å²) < 4.78 is 11.6. The third-order valence-corrected chi connectivity index (χ3v) is 3.78. The summed E-state index contributed by atoms with van der Waals surface area (Å²) in [6, 6.07) is 0. The highest BCUT2D eigenvalue weighted by atomic mass is 16.7. The fourth-order valence-electron chi connectivity index (χ4n) is 1.86. The molecule has 0 unspecified atom stereocenters. The Bertz CT molecular complexity index is 284. The van der Waals surface area contributed by atoms with Crippen LogP contribution < -0.4 is 0 Å². The Labute approximate surface area is 90.1 Å². The maximum Gasteiger partial charge on any atom is 0.462 e. The van der Waals surface area contributed by atoms with Crippen molar-refractivity contribution in [2.45, 2.75) is 51.1 Å². The summed E-state index contributed by atoms with van der Waals surface area (Å²) in [5.41, 5.74) is -0.716. The predicted octanol–water partition coefficient (Wildman–Crippen LogP) is 1.55. The van der Waals surface area contributed by atoms with Crippen LogP contribution >= 0.6 is 0 Å². The average Bonchev–Trinajstić information content (AvgIpc) is 2.75. The van der Waals surface area contributed by atoms with Gasteiger partial charge in [0.05, 0.1) is 17.1 Å². The molecule has 2 rings (SSSR count). The van der Waals surface area contributed by atoms with Crippen molar-refractivity contribution in [3.63, 3.8) is 0 Å². The molecule has 15 heavy (non-hydrogen) atoms. The van der Waals surface area contributed by atoms with E-state index in [0.29, 0.717) is 6.42 Å². The van der Waals surface area contributed by atoms with E-state index < -0.39 is 5.97 Å². The van der Waals surface area contributed by atoms with Crippen LogP contribution in [0.25, 0.3) is 0 Å². The summed E-state index contributed by atoms with van der Waals surface area (Å²) >= 11 is 0. The highest BCUT2D eigenvalue weighted by Crippen LogP contribution is 2.53. The maximum atomic E-state index is 10.7. The molecule has 84 valence electrons. The Hall–Kier alpha value is -0.545. The molecule has 0 aromatic rings. The number of carboxylic acid groups (broad SMARTS) is 1. The molecule has 1 saturated carbocycles. The second-order valence-corrected chi connectivity index (χ2v) is 5.47. The first-order valence-electron chi connectivity index (χ1n) is 5.33. The van der Waals surface area contributed by atoms with Crippen molar-refractivity contribution in [3.8, 4) is 0 Å². The fraction of sp³-hybridized carbons (Fsp3) is 0.900. The second-order valence-electron chi connectivity index (χ2n) is 5.47. The number of rotatable bonds is 2. The van der Waals surface area contributed by atoms with E-state index in [1.807, 2.05) is 27.7 Å². The van der Waals surface area contributed by atoms with E-state index in [2.05, 4.69) is 0 Å². The normalized spacial score (nSPS) is 36.7. The first-order valence-corrected chi connectivity index (χ1v) is 5.33. The monoisotopic (exact) mass is 212 g/mol. The fourth-order valence-corrected chi connectivity index (χ4v) is 1.86. The van der Waals surface area contributed by atoms with Crippen LogP contribution in [-0.2, 0) is 14.1 Å². The number of hydrogen-bond donors (Lipinski definition) is 1. The van der Waals surface area contributed by atoms with Crippen molar-refractivity contribution in [2.75, 3.05) is 0 Å². The molecule has 1 heterocycles. The molecule has 2 atom stereocenters. The molecule has 0 spiro atoms. The maximum absolute atomic E-state index is 10.7. The summed E-state index contributed by atoms with van der Waals surface area (Å²) in [5.74, 6) is -0.988. The van der Waals surface area contributed by atoms with Gasteiger partial charge in [-0.2, -0.15) is 0 Å². The largest absolute Gasteiger partial charge is 0.481 e. The highest BCUT2D eigenvalue weighted by molar-refractivity contribution is 6.49. The molecule has 0 aromatic carbocycles. The molecule has 1 aliphatic heterocycles. The molecule has 0 amide bonds. The van der Waals surface area contributed by atoms with E-state index >= 15 is 0 Å². The number of carboxylic acids is 1. The van der Waals surface area contributed by atoms with Crippen LogP contribution in [0.3, 0.4) is 0 Å². The van der Waals surface area contributed by atoms with Crippen LogP contribution in [0.15, 0.2) is 0 Å². The van der Waals surface area contributed by atoms with Crippen LogP contribution in [0.1, 0.15) is 34.1 Å². The van der Waals surface area contributed by atoms with Gasteiger partial charge in [0.2, 0.25) is 0 Å². The molecule has 2 aliphatic rings. The van der Waals surface area contributed by atoms with Crippen molar-refractivity contribution >= 4 is 13.1 Å². The third-order valence-electron chi connectivity index (χ3n) is 3.78. The smallest absolute Gasteiger partial charge is 0.462 e. The second kappa shape index (κ2) is 2.98. The van der Waals surface area contributed by atoms with E-state index in [4.69, 9.17) is 14.4 Å². The molecule has 1 saturated heterocycles. The number of aliphatic carboxylic acids is 1. The highest BCUT2D eigenvalue weighted by Gasteiger charge is 2.61. The van der Waals surface area contributed by atoms with Crippen LogP contribution in [0.5, 0.6) is 0 Å². The lowest BCUT2D eigenvalue weighted by molar-refractivity contribution is -0.138. The molecule has 0 aromatic heterocycles. The van der Waals surface area contributed by atoms with Crippen LogP contribution in [0, 0.1) is 5.92 Å². The minimum Gasteiger partial charge on any atom is -0.481 e. The van der Waals surface area contributed by atoms with Gasteiger partial charge >= 0.3 is 13.1 Å². The molecule has 2 fully saturated rings. The molecule has 1 N–H and O–H groups in total. The first-order chi connectivity index (χ1) is 6.74. The predicted molar refractivity (Wildman–Crippen MR) is 55.6 cm³/mol. The SMILES string of the molecule is CC1(C)OB([C@H]2C[C@H]2C(=O)O)OC1(C)C. The molecule has 0 radical (unpaired) electrons. The summed E-state index contributed by atoms with van der Waals surface area (Å²) in [4.78, 5) is 10.7. The standard InChI is InChI=1S/C10H17BO4/c1-9(2)10(3,4)15-11(14-9)7-5-6(7)8(12)13/h6-7H,5H2,1-4H3,(H,12,13)/t6-,7+/m1/s1. The zero-order chi connectivity index (χ0) is 11.4. The van der Waals surface area contributed by atoms with Gasteiger partial charge in [-0.1, -0.05) is 0 Å².